The Labute approximate surface area is 250 Å². The van der Waals surface area contributed by atoms with E-state index in [2.05, 4.69) is 21.2 Å². The number of halogens is 2. The summed E-state index contributed by atoms with van der Waals surface area (Å²) in [5.41, 5.74) is 1.34. The van der Waals surface area contributed by atoms with E-state index in [1.54, 1.807) is 60.7 Å². The van der Waals surface area contributed by atoms with Crippen LogP contribution >= 0.6 is 27.5 Å². The number of hydrogen-bond acceptors (Lipinski definition) is 4. The van der Waals surface area contributed by atoms with Gasteiger partial charge in [0.05, 0.1) is 10.6 Å². The molecule has 0 aliphatic carbocycles. The molecule has 10 heteroatoms. The van der Waals surface area contributed by atoms with E-state index >= 15 is 0 Å². The number of carbonyl (C=O) groups excluding carboxylic acids is 2. The van der Waals surface area contributed by atoms with E-state index in [1.807, 2.05) is 34.6 Å². The van der Waals surface area contributed by atoms with E-state index in [4.69, 9.17) is 11.6 Å². The zero-order chi connectivity index (χ0) is 29.7. The van der Waals surface area contributed by atoms with Crippen molar-refractivity contribution in [1.29, 1.82) is 0 Å². The summed E-state index contributed by atoms with van der Waals surface area (Å²) in [6.45, 7) is 8.78. The summed E-state index contributed by atoms with van der Waals surface area (Å²) < 4.78 is 29.6. The lowest BCUT2D eigenvalue weighted by Crippen LogP contribution is -2.55. The monoisotopic (exact) mass is 647 g/mol. The lowest BCUT2D eigenvalue weighted by Gasteiger charge is -2.35. The topological polar surface area (TPSA) is 86.8 Å². The molecule has 0 unspecified atom stereocenters. The van der Waals surface area contributed by atoms with Crippen LogP contribution in [-0.4, -0.2) is 43.3 Å². The van der Waals surface area contributed by atoms with Crippen LogP contribution in [0.25, 0.3) is 0 Å². The molecule has 2 amide bonds. The van der Waals surface area contributed by atoms with E-state index < -0.39 is 34.1 Å². The Balaban J connectivity index is 2.09. The molecule has 40 heavy (non-hydrogen) atoms. The lowest BCUT2D eigenvalue weighted by atomic mass is 10.1. The first-order valence-corrected chi connectivity index (χ1v) is 15.5. The van der Waals surface area contributed by atoms with Gasteiger partial charge in [-0.3, -0.25) is 13.9 Å². The van der Waals surface area contributed by atoms with E-state index in [1.165, 1.54) is 17.0 Å². The fourth-order valence-corrected chi connectivity index (χ4v) is 6.17. The van der Waals surface area contributed by atoms with Crippen molar-refractivity contribution in [3.63, 3.8) is 0 Å². The third kappa shape index (κ3) is 8.08. The number of hydrogen-bond donors (Lipinski definition) is 1. The standard InChI is InChI=1S/C30H35BrClN3O4S/c1-6-27(29(37)33-30(3,4)5)34(19-22-10-7-8-13-26(22)32)28(36)20-35(24-12-9-11-23(31)18-24)40(38,39)25-16-14-21(2)15-17-25/h7-18,27H,6,19-20H2,1-5H3,(H,33,37)/t27-/m1/s1. The summed E-state index contributed by atoms with van der Waals surface area (Å²) in [5, 5.41) is 3.40. The smallest absolute Gasteiger partial charge is 0.264 e. The van der Waals surface area contributed by atoms with Crippen molar-refractivity contribution in [3.8, 4) is 0 Å². The molecule has 0 bridgehead atoms. The predicted molar refractivity (Wildman–Crippen MR) is 164 cm³/mol. The van der Waals surface area contributed by atoms with Crippen molar-refractivity contribution in [3.05, 3.63) is 93.4 Å². The lowest BCUT2D eigenvalue weighted by molar-refractivity contribution is -0.141. The minimum atomic E-state index is -4.14. The van der Waals surface area contributed by atoms with Crippen molar-refractivity contribution < 1.29 is 18.0 Å². The highest BCUT2D eigenvalue weighted by atomic mass is 79.9. The first-order chi connectivity index (χ1) is 18.7. The van der Waals surface area contributed by atoms with Crippen molar-refractivity contribution in [2.45, 2.75) is 64.1 Å². The number of aryl methyl sites for hydroxylation is 1. The summed E-state index contributed by atoms with van der Waals surface area (Å²) in [7, 11) is -4.14. The fraction of sp³-hybridized carbons (Fsp3) is 0.333. The first-order valence-electron chi connectivity index (χ1n) is 12.9. The Morgan fingerprint density at radius 2 is 1.65 bits per heavy atom. The molecule has 0 aromatic heterocycles. The Morgan fingerprint density at radius 3 is 2.23 bits per heavy atom. The Bertz CT molecular complexity index is 1460. The second-order valence-electron chi connectivity index (χ2n) is 10.6. The van der Waals surface area contributed by atoms with Crippen LogP contribution in [0.5, 0.6) is 0 Å². The minimum Gasteiger partial charge on any atom is -0.350 e. The summed E-state index contributed by atoms with van der Waals surface area (Å²) in [6, 6.07) is 19.4. The number of benzene rings is 3. The minimum absolute atomic E-state index is 0.0332. The highest BCUT2D eigenvalue weighted by Gasteiger charge is 2.35. The van der Waals surface area contributed by atoms with Crippen molar-refractivity contribution >= 4 is 55.1 Å². The number of anilines is 1. The molecule has 0 radical (unpaired) electrons. The average molecular weight is 649 g/mol. The first kappa shape index (κ1) is 31.6. The van der Waals surface area contributed by atoms with Gasteiger partial charge < -0.3 is 10.2 Å². The second kappa shape index (κ2) is 13.2. The maximum atomic E-state index is 14.1. The van der Waals surface area contributed by atoms with Gasteiger partial charge in [0.15, 0.2) is 0 Å². The average Bonchev–Trinajstić information content (AvgIpc) is 2.87. The van der Waals surface area contributed by atoms with E-state index in [9.17, 15) is 18.0 Å². The second-order valence-corrected chi connectivity index (χ2v) is 13.8. The summed E-state index contributed by atoms with van der Waals surface area (Å²) >= 11 is 9.85. The van der Waals surface area contributed by atoms with E-state index in [-0.39, 0.29) is 17.3 Å². The molecule has 0 saturated carbocycles. The van der Waals surface area contributed by atoms with Gasteiger partial charge in [-0.25, -0.2) is 8.42 Å². The molecular weight excluding hydrogens is 614 g/mol. The summed E-state index contributed by atoms with van der Waals surface area (Å²) in [5.74, 6) is -0.864. The third-order valence-electron chi connectivity index (χ3n) is 6.17. The van der Waals surface area contributed by atoms with Gasteiger partial charge in [-0.2, -0.15) is 0 Å². The molecule has 0 fully saturated rings. The molecule has 214 valence electrons. The van der Waals surface area contributed by atoms with Crippen molar-refractivity contribution in [2.75, 3.05) is 10.8 Å². The van der Waals surface area contributed by atoms with Crippen LogP contribution in [0, 0.1) is 6.92 Å². The zero-order valence-corrected chi connectivity index (χ0v) is 26.5. The van der Waals surface area contributed by atoms with Gasteiger partial charge >= 0.3 is 0 Å². The van der Waals surface area contributed by atoms with Crippen LogP contribution in [0.1, 0.15) is 45.2 Å². The summed E-state index contributed by atoms with van der Waals surface area (Å²) in [4.78, 5) is 29.0. The van der Waals surface area contributed by atoms with Crippen LogP contribution in [0.3, 0.4) is 0 Å². The predicted octanol–water partition coefficient (Wildman–Crippen LogP) is 6.33. The molecule has 3 aromatic carbocycles. The molecule has 0 saturated heterocycles. The molecule has 7 nitrogen and oxygen atoms in total. The molecule has 0 heterocycles. The SMILES string of the molecule is CC[C@H](C(=O)NC(C)(C)C)N(Cc1ccccc1Cl)C(=O)CN(c1cccc(Br)c1)S(=O)(=O)c1ccc(C)cc1. The van der Waals surface area contributed by atoms with Gasteiger partial charge in [-0.05, 0) is 76.1 Å². The number of carbonyl (C=O) groups is 2. The van der Waals surface area contributed by atoms with Gasteiger partial charge in [0, 0.05) is 21.6 Å². The number of sulfonamides is 1. The van der Waals surface area contributed by atoms with Crippen LogP contribution in [0.2, 0.25) is 5.02 Å². The van der Waals surface area contributed by atoms with Gasteiger partial charge in [0.1, 0.15) is 12.6 Å². The highest BCUT2D eigenvalue weighted by Crippen LogP contribution is 2.28. The summed E-state index contributed by atoms with van der Waals surface area (Å²) in [6.07, 6.45) is 0.319. The Morgan fingerprint density at radius 1 is 1.00 bits per heavy atom. The highest BCUT2D eigenvalue weighted by molar-refractivity contribution is 9.10. The number of nitrogens with one attached hydrogen (secondary N) is 1. The number of amides is 2. The molecular formula is C30H35BrClN3O4S. The largest absolute Gasteiger partial charge is 0.350 e. The Hall–Kier alpha value is -2.88. The van der Waals surface area contributed by atoms with Crippen LogP contribution in [0.15, 0.2) is 82.2 Å². The maximum Gasteiger partial charge on any atom is 0.264 e. The van der Waals surface area contributed by atoms with Gasteiger partial charge in [-0.15, -0.1) is 0 Å². The zero-order valence-electron chi connectivity index (χ0n) is 23.3. The molecule has 3 rings (SSSR count). The maximum absolute atomic E-state index is 14.1. The van der Waals surface area contributed by atoms with Gasteiger partial charge in [-0.1, -0.05) is 76.4 Å². The molecule has 0 aliphatic heterocycles. The molecule has 1 atom stereocenters. The quantitative estimate of drug-likeness (QED) is 0.279. The van der Waals surface area contributed by atoms with Crippen LogP contribution < -0.4 is 9.62 Å². The van der Waals surface area contributed by atoms with E-state index in [0.717, 1.165) is 9.87 Å². The van der Waals surface area contributed by atoms with Crippen molar-refractivity contribution in [2.24, 2.45) is 0 Å². The van der Waals surface area contributed by atoms with Crippen LogP contribution in [0.4, 0.5) is 5.69 Å². The van der Waals surface area contributed by atoms with Gasteiger partial charge in [0.25, 0.3) is 10.0 Å². The molecule has 1 N–H and O–H groups in total. The van der Waals surface area contributed by atoms with Crippen LogP contribution in [-0.2, 0) is 26.2 Å². The van der Waals surface area contributed by atoms with Crippen molar-refractivity contribution in [1.82, 2.24) is 10.2 Å². The fourth-order valence-electron chi connectivity index (χ4n) is 4.18. The Kier molecular flexibility index (Phi) is 10.4. The normalized spacial score (nSPS) is 12.5. The molecule has 0 aliphatic rings. The molecule has 3 aromatic rings. The molecule has 0 spiro atoms. The van der Waals surface area contributed by atoms with Gasteiger partial charge in [0.2, 0.25) is 11.8 Å². The van der Waals surface area contributed by atoms with E-state index in [0.29, 0.717) is 27.2 Å². The third-order valence-corrected chi connectivity index (χ3v) is 8.82. The number of rotatable bonds is 10. The number of nitrogens with zero attached hydrogens (tertiary/aromatic N) is 2.